The van der Waals surface area contributed by atoms with Gasteiger partial charge in [0.25, 0.3) is 11.8 Å². The van der Waals surface area contributed by atoms with Crippen molar-refractivity contribution in [3.8, 4) is 11.5 Å². The Morgan fingerprint density at radius 2 is 2.12 bits per heavy atom. The summed E-state index contributed by atoms with van der Waals surface area (Å²) in [5.74, 6) is 0.928. The van der Waals surface area contributed by atoms with Crippen LogP contribution in [0.25, 0.3) is 0 Å². The monoisotopic (exact) mass is 374 g/mol. The molecule has 1 unspecified atom stereocenters. The highest BCUT2D eigenvalue weighted by Crippen LogP contribution is 2.39. The van der Waals surface area contributed by atoms with Crippen molar-refractivity contribution >= 4 is 28.2 Å². The number of methoxy groups -OCH3 is 1. The Hall–Kier alpha value is -2.54. The molecule has 138 valence electrons. The molecule has 1 aromatic heterocycles. The van der Waals surface area contributed by atoms with Gasteiger partial charge in [-0.25, -0.2) is 0 Å². The van der Waals surface area contributed by atoms with Crippen LogP contribution in [0.3, 0.4) is 0 Å². The van der Waals surface area contributed by atoms with Gasteiger partial charge in [-0.15, -0.1) is 11.3 Å². The van der Waals surface area contributed by atoms with Gasteiger partial charge in [0.05, 0.1) is 12.7 Å². The Balaban J connectivity index is 1.70. The van der Waals surface area contributed by atoms with Gasteiger partial charge in [0.15, 0.2) is 6.61 Å². The Morgan fingerprint density at radius 1 is 1.35 bits per heavy atom. The SMILES string of the molecule is COc1cccc(OCC(=O)Nc2sc3c(c2C(N)=O)CCC(C)C3)c1. The van der Waals surface area contributed by atoms with Gasteiger partial charge in [-0.05, 0) is 42.9 Å². The molecule has 3 rings (SSSR count). The number of carbonyl (C=O) groups is 2. The van der Waals surface area contributed by atoms with E-state index in [4.69, 9.17) is 15.2 Å². The molecule has 1 aliphatic rings. The second kappa shape index (κ2) is 7.78. The fourth-order valence-electron chi connectivity index (χ4n) is 3.10. The molecule has 1 aliphatic carbocycles. The van der Waals surface area contributed by atoms with Crippen molar-refractivity contribution in [2.24, 2.45) is 11.7 Å². The van der Waals surface area contributed by atoms with Gasteiger partial charge < -0.3 is 20.5 Å². The van der Waals surface area contributed by atoms with E-state index in [1.54, 1.807) is 31.4 Å². The number of fused-ring (bicyclic) bond motifs is 1. The highest BCUT2D eigenvalue weighted by atomic mass is 32.1. The zero-order valence-electron chi connectivity index (χ0n) is 14.8. The van der Waals surface area contributed by atoms with Crippen LogP contribution < -0.4 is 20.5 Å². The first-order valence-electron chi connectivity index (χ1n) is 8.49. The van der Waals surface area contributed by atoms with E-state index in [1.807, 2.05) is 0 Å². The molecule has 0 spiro atoms. The van der Waals surface area contributed by atoms with Gasteiger partial charge in [-0.2, -0.15) is 0 Å². The number of hydrogen-bond donors (Lipinski definition) is 2. The van der Waals surface area contributed by atoms with Crippen molar-refractivity contribution < 1.29 is 19.1 Å². The van der Waals surface area contributed by atoms with Crippen molar-refractivity contribution in [1.29, 1.82) is 0 Å². The fourth-order valence-corrected chi connectivity index (χ4v) is 4.53. The first kappa shape index (κ1) is 18.3. The third-order valence-electron chi connectivity index (χ3n) is 4.42. The van der Waals surface area contributed by atoms with Crippen LogP contribution in [-0.2, 0) is 17.6 Å². The molecule has 1 atom stereocenters. The standard InChI is InChI=1S/C19H22N2O4S/c1-11-6-7-14-15(8-11)26-19(17(14)18(20)23)21-16(22)10-25-13-5-3-4-12(9-13)24-2/h3-5,9,11H,6-8,10H2,1-2H3,(H2,20,23)(H,21,22). The Morgan fingerprint density at radius 3 is 2.85 bits per heavy atom. The Bertz CT molecular complexity index is 831. The lowest BCUT2D eigenvalue weighted by atomic mass is 9.88. The third kappa shape index (κ3) is 3.99. The smallest absolute Gasteiger partial charge is 0.262 e. The predicted octanol–water partition coefficient (Wildman–Crippen LogP) is 3.00. The highest BCUT2D eigenvalue weighted by molar-refractivity contribution is 7.17. The second-order valence-corrected chi connectivity index (χ2v) is 7.54. The number of primary amides is 1. The van der Waals surface area contributed by atoms with Crippen molar-refractivity contribution in [3.63, 3.8) is 0 Å². The van der Waals surface area contributed by atoms with E-state index >= 15 is 0 Å². The van der Waals surface area contributed by atoms with E-state index in [2.05, 4.69) is 12.2 Å². The number of amides is 2. The lowest BCUT2D eigenvalue weighted by Crippen LogP contribution is -2.22. The van der Waals surface area contributed by atoms with Gasteiger partial charge in [-0.1, -0.05) is 13.0 Å². The molecule has 6 nitrogen and oxygen atoms in total. The maximum atomic E-state index is 12.3. The summed E-state index contributed by atoms with van der Waals surface area (Å²) in [4.78, 5) is 25.3. The van der Waals surface area contributed by atoms with Crippen molar-refractivity contribution in [3.05, 3.63) is 40.3 Å². The summed E-state index contributed by atoms with van der Waals surface area (Å²) in [6.45, 7) is 2.02. The summed E-state index contributed by atoms with van der Waals surface area (Å²) in [6.07, 6.45) is 2.76. The fraction of sp³-hybridized carbons (Fsp3) is 0.368. The number of carbonyl (C=O) groups excluding carboxylic acids is 2. The van der Waals surface area contributed by atoms with Crippen LogP contribution in [0.5, 0.6) is 11.5 Å². The largest absolute Gasteiger partial charge is 0.497 e. The summed E-state index contributed by atoms with van der Waals surface area (Å²) >= 11 is 1.44. The van der Waals surface area contributed by atoms with Crippen LogP contribution >= 0.6 is 11.3 Å². The molecule has 26 heavy (non-hydrogen) atoms. The van der Waals surface area contributed by atoms with E-state index in [0.29, 0.717) is 28.0 Å². The minimum atomic E-state index is -0.499. The molecule has 0 bridgehead atoms. The third-order valence-corrected chi connectivity index (χ3v) is 5.59. The number of thiophene rings is 1. The molecule has 3 N–H and O–H groups in total. The molecule has 0 radical (unpaired) electrons. The van der Waals surface area contributed by atoms with Gasteiger partial charge >= 0.3 is 0 Å². The lowest BCUT2D eigenvalue weighted by Gasteiger charge is -2.18. The zero-order valence-corrected chi connectivity index (χ0v) is 15.7. The summed E-state index contributed by atoms with van der Waals surface area (Å²) in [5.41, 5.74) is 7.00. The van der Waals surface area contributed by atoms with Crippen molar-refractivity contribution in [1.82, 2.24) is 0 Å². The van der Waals surface area contributed by atoms with Crippen LogP contribution in [0.2, 0.25) is 0 Å². The minimum absolute atomic E-state index is 0.162. The average molecular weight is 374 g/mol. The molecule has 0 aliphatic heterocycles. The van der Waals surface area contributed by atoms with Crippen LogP contribution in [0.4, 0.5) is 5.00 Å². The van der Waals surface area contributed by atoms with E-state index in [0.717, 1.165) is 29.7 Å². The van der Waals surface area contributed by atoms with E-state index in [-0.39, 0.29) is 12.5 Å². The number of nitrogens with two attached hydrogens (primary N) is 1. The Labute approximate surface area is 156 Å². The van der Waals surface area contributed by atoms with E-state index in [1.165, 1.54) is 11.3 Å². The number of rotatable bonds is 6. The second-order valence-electron chi connectivity index (χ2n) is 6.44. The number of ether oxygens (including phenoxy) is 2. The van der Waals surface area contributed by atoms with Crippen LogP contribution in [0.15, 0.2) is 24.3 Å². The minimum Gasteiger partial charge on any atom is -0.497 e. The number of hydrogen-bond acceptors (Lipinski definition) is 5. The number of nitrogens with one attached hydrogen (secondary N) is 1. The molecule has 2 amide bonds. The quantitative estimate of drug-likeness (QED) is 0.813. The van der Waals surface area contributed by atoms with Crippen LogP contribution in [-0.4, -0.2) is 25.5 Å². The summed E-state index contributed by atoms with van der Waals surface area (Å²) < 4.78 is 10.6. The van der Waals surface area contributed by atoms with E-state index < -0.39 is 5.91 Å². The average Bonchev–Trinajstić information content (AvgIpc) is 2.97. The molecular weight excluding hydrogens is 352 g/mol. The van der Waals surface area contributed by atoms with Crippen LogP contribution in [0, 0.1) is 5.92 Å². The molecule has 0 saturated carbocycles. The van der Waals surface area contributed by atoms with Gasteiger partial charge in [-0.3, -0.25) is 9.59 Å². The molecular formula is C19H22N2O4S. The molecule has 0 fully saturated rings. The topological polar surface area (TPSA) is 90.7 Å². The molecule has 7 heteroatoms. The first-order valence-corrected chi connectivity index (χ1v) is 9.30. The van der Waals surface area contributed by atoms with Crippen LogP contribution in [0.1, 0.15) is 34.1 Å². The maximum Gasteiger partial charge on any atom is 0.262 e. The predicted molar refractivity (Wildman–Crippen MR) is 101 cm³/mol. The number of benzene rings is 1. The maximum absolute atomic E-state index is 12.3. The van der Waals surface area contributed by atoms with Gasteiger partial charge in [0, 0.05) is 10.9 Å². The Kier molecular flexibility index (Phi) is 5.46. The molecule has 1 heterocycles. The number of anilines is 1. The first-order chi connectivity index (χ1) is 12.5. The normalized spacial score (nSPS) is 15.8. The van der Waals surface area contributed by atoms with Crippen molar-refractivity contribution in [2.45, 2.75) is 26.2 Å². The summed E-state index contributed by atoms with van der Waals surface area (Å²) in [6, 6.07) is 7.03. The van der Waals surface area contributed by atoms with Gasteiger partial charge in [0.2, 0.25) is 0 Å². The van der Waals surface area contributed by atoms with Crippen molar-refractivity contribution in [2.75, 3.05) is 19.0 Å². The summed E-state index contributed by atoms with van der Waals surface area (Å²) in [5, 5.41) is 3.31. The zero-order chi connectivity index (χ0) is 18.7. The molecule has 1 aromatic carbocycles. The molecule has 2 aromatic rings. The lowest BCUT2D eigenvalue weighted by molar-refractivity contribution is -0.118. The van der Waals surface area contributed by atoms with E-state index in [9.17, 15) is 9.59 Å². The highest BCUT2D eigenvalue weighted by Gasteiger charge is 2.27. The molecule has 0 saturated heterocycles. The summed E-state index contributed by atoms with van der Waals surface area (Å²) in [7, 11) is 1.57. The van der Waals surface area contributed by atoms with Gasteiger partial charge in [0.1, 0.15) is 16.5 Å².